The van der Waals surface area contributed by atoms with E-state index >= 15 is 0 Å². The molecule has 4 heteroatoms. The standard InChI is InChI=1S/C21H29NO3/c1-12(23)25-18-11-17-15-5-4-13-10-14(24)6-8-20(13,2)16(15)7-9-21(17,3)19(18)22/h6,8,10,13,15-17,24H,4-5,7,9,11,22H2,1-3H3/t13-,15-,16+,17+,20+,21+/m1/s1. The van der Waals surface area contributed by atoms with Gasteiger partial charge in [-0.05, 0) is 66.9 Å². The van der Waals surface area contributed by atoms with Crippen molar-refractivity contribution >= 4 is 5.97 Å². The quantitative estimate of drug-likeness (QED) is 0.700. The Balaban J connectivity index is 1.65. The summed E-state index contributed by atoms with van der Waals surface area (Å²) in [6.07, 6.45) is 11.4. The first kappa shape index (κ1) is 16.7. The van der Waals surface area contributed by atoms with Gasteiger partial charge in [0.2, 0.25) is 0 Å². The molecule has 0 aromatic heterocycles. The van der Waals surface area contributed by atoms with E-state index in [9.17, 15) is 9.90 Å². The summed E-state index contributed by atoms with van der Waals surface area (Å²) in [5.74, 6) is 2.90. The highest BCUT2D eigenvalue weighted by molar-refractivity contribution is 5.67. The van der Waals surface area contributed by atoms with E-state index in [0.29, 0.717) is 35.2 Å². The Kier molecular flexibility index (Phi) is 3.61. The van der Waals surface area contributed by atoms with Crippen molar-refractivity contribution in [1.29, 1.82) is 0 Å². The molecule has 0 radical (unpaired) electrons. The molecule has 0 bridgehead atoms. The van der Waals surface area contributed by atoms with Crippen molar-refractivity contribution < 1.29 is 14.6 Å². The van der Waals surface area contributed by atoms with Gasteiger partial charge in [-0.1, -0.05) is 19.9 Å². The van der Waals surface area contributed by atoms with Crippen LogP contribution in [-0.4, -0.2) is 11.1 Å². The molecular formula is C21H29NO3. The van der Waals surface area contributed by atoms with Crippen LogP contribution in [0, 0.1) is 34.5 Å². The fourth-order valence-corrected chi connectivity index (χ4v) is 6.39. The Morgan fingerprint density at radius 3 is 2.76 bits per heavy atom. The minimum Gasteiger partial charge on any atom is -0.508 e. The van der Waals surface area contributed by atoms with E-state index in [-0.39, 0.29) is 16.8 Å². The van der Waals surface area contributed by atoms with Gasteiger partial charge in [-0.2, -0.15) is 0 Å². The van der Waals surface area contributed by atoms with E-state index in [0.717, 1.165) is 37.8 Å². The highest BCUT2D eigenvalue weighted by Gasteiger charge is 2.58. The maximum atomic E-state index is 11.5. The Morgan fingerprint density at radius 1 is 1.28 bits per heavy atom. The highest BCUT2D eigenvalue weighted by Crippen LogP contribution is 2.65. The highest BCUT2D eigenvalue weighted by atomic mass is 16.5. The van der Waals surface area contributed by atoms with Crippen LogP contribution < -0.4 is 5.73 Å². The summed E-state index contributed by atoms with van der Waals surface area (Å²) in [7, 11) is 0. The molecule has 0 aliphatic heterocycles. The summed E-state index contributed by atoms with van der Waals surface area (Å²) in [5.41, 5.74) is 7.32. The van der Waals surface area contributed by atoms with Gasteiger partial charge in [0.15, 0.2) is 0 Å². The smallest absolute Gasteiger partial charge is 0.307 e. The van der Waals surface area contributed by atoms with E-state index < -0.39 is 0 Å². The number of fused-ring (bicyclic) bond motifs is 5. The van der Waals surface area contributed by atoms with Gasteiger partial charge in [-0.3, -0.25) is 4.79 Å². The van der Waals surface area contributed by atoms with Gasteiger partial charge >= 0.3 is 5.97 Å². The van der Waals surface area contributed by atoms with Crippen LogP contribution in [0.3, 0.4) is 0 Å². The first-order valence-corrected chi connectivity index (χ1v) is 9.53. The van der Waals surface area contributed by atoms with Crippen molar-refractivity contribution in [2.75, 3.05) is 0 Å². The predicted molar refractivity (Wildman–Crippen MR) is 96.1 cm³/mol. The van der Waals surface area contributed by atoms with Gasteiger partial charge in [-0.15, -0.1) is 0 Å². The number of esters is 1. The molecule has 0 aromatic carbocycles. The van der Waals surface area contributed by atoms with Gasteiger partial charge in [-0.25, -0.2) is 0 Å². The molecule has 0 heterocycles. The van der Waals surface area contributed by atoms with Crippen LogP contribution in [0.5, 0.6) is 0 Å². The Hall–Kier alpha value is -1.71. The second-order valence-electron chi connectivity index (χ2n) is 8.94. The van der Waals surface area contributed by atoms with E-state index in [1.165, 1.54) is 6.92 Å². The van der Waals surface area contributed by atoms with Crippen LogP contribution >= 0.6 is 0 Å². The zero-order valence-electron chi connectivity index (χ0n) is 15.4. The number of aliphatic hydroxyl groups excluding tert-OH is 1. The van der Waals surface area contributed by atoms with Crippen molar-refractivity contribution in [3.05, 3.63) is 35.4 Å². The minimum absolute atomic E-state index is 0.0501. The summed E-state index contributed by atoms with van der Waals surface area (Å²) in [6, 6.07) is 0. The molecule has 6 atom stereocenters. The van der Waals surface area contributed by atoms with Crippen LogP contribution in [0.1, 0.15) is 52.9 Å². The maximum absolute atomic E-state index is 11.5. The van der Waals surface area contributed by atoms with Gasteiger partial charge in [0.25, 0.3) is 0 Å². The fraction of sp³-hybridized carbons (Fsp3) is 0.667. The van der Waals surface area contributed by atoms with E-state index in [2.05, 4.69) is 26.0 Å². The summed E-state index contributed by atoms with van der Waals surface area (Å²) in [6.45, 7) is 6.07. The number of carbonyl (C=O) groups excluding carboxylic acids is 1. The van der Waals surface area contributed by atoms with Crippen LogP contribution in [0.15, 0.2) is 35.4 Å². The summed E-state index contributed by atoms with van der Waals surface area (Å²) >= 11 is 0. The average Bonchev–Trinajstić information content (AvgIpc) is 2.79. The van der Waals surface area contributed by atoms with Crippen molar-refractivity contribution in [2.24, 2.45) is 40.2 Å². The lowest BCUT2D eigenvalue weighted by Crippen LogP contribution is -2.51. The Labute approximate surface area is 149 Å². The first-order valence-electron chi connectivity index (χ1n) is 9.53. The van der Waals surface area contributed by atoms with Crippen molar-refractivity contribution in [3.63, 3.8) is 0 Å². The molecule has 4 nitrogen and oxygen atoms in total. The molecule has 4 rings (SSSR count). The second-order valence-corrected chi connectivity index (χ2v) is 8.94. The monoisotopic (exact) mass is 343 g/mol. The van der Waals surface area contributed by atoms with Crippen LogP contribution in [0.2, 0.25) is 0 Å². The molecule has 4 aliphatic rings. The lowest BCUT2D eigenvalue weighted by atomic mass is 9.47. The largest absolute Gasteiger partial charge is 0.508 e. The SMILES string of the molecule is CC(=O)OC1=C(N)[C@@]2(C)CC[C@H]3[C@@H](CC[C@@H]4C=C(O)C=C[C@@]43C)[C@@H]2C1. The number of hydrogen-bond donors (Lipinski definition) is 2. The second kappa shape index (κ2) is 5.39. The van der Waals surface area contributed by atoms with Crippen molar-refractivity contribution in [1.82, 2.24) is 0 Å². The van der Waals surface area contributed by atoms with Crippen LogP contribution in [-0.2, 0) is 9.53 Å². The molecular weight excluding hydrogens is 314 g/mol. The lowest BCUT2D eigenvalue weighted by molar-refractivity contribution is -0.137. The lowest BCUT2D eigenvalue weighted by Gasteiger charge is -2.57. The molecule has 136 valence electrons. The Morgan fingerprint density at radius 2 is 2.04 bits per heavy atom. The van der Waals surface area contributed by atoms with E-state index in [4.69, 9.17) is 10.5 Å². The zero-order valence-corrected chi connectivity index (χ0v) is 15.4. The number of ether oxygens (including phenoxy) is 1. The summed E-state index contributed by atoms with van der Waals surface area (Å²) in [5, 5.41) is 9.91. The third kappa shape index (κ3) is 2.29. The molecule has 0 amide bonds. The van der Waals surface area contributed by atoms with E-state index in [1.807, 2.05) is 6.08 Å². The number of aliphatic hydroxyl groups is 1. The van der Waals surface area contributed by atoms with E-state index in [1.54, 1.807) is 0 Å². The molecule has 25 heavy (non-hydrogen) atoms. The third-order valence-electron chi connectivity index (χ3n) is 7.81. The van der Waals surface area contributed by atoms with Crippen LogP contribution in [0.4, 0.5) is 0 Å². The fourth-order valence-electron chi connectivity index (χ4n) is 6.39. The number of allylic oxidation sites excluding steroid dienone is 5. The molecule has 0 aromatic rings. The first-order chi connectivity index (χ1) is 11.8. The molecule has 2 saturated carbocycles. The summed E-state index contributed by atoms with van der Waals surface area (Å²) in [4.78, 5) is 11.5. The molecule has 3 N–H and O–H groups in total. The number of hydrogen-bond acceptors (Lipinski definition) is 4. The molecule has 0 spiro atoms. The molecule has 4 aliphatic carbocycles. The van der Waals surface area contributed by atoms with Crippen molar-refractivity contribution in [3.8, 4) is 0 Å². The predicted octanol–water partition coefficient (Wildman–Crippen LogP) is 4.20. The van der Waals surface area contributed by atoms with Gasteiger partial charge < -0.3 is 15.6 Å². The van der Waals surface area contributed by atoms with Crippen molar-refractivity contribution in [2.45, 2.75) is 52.9 Å². The number of rotatable bonds is 1. The van der Waals surface area contributed by atoms with Crippen LogP contribution in [0.25, 0.3) is 0 Å². The van der Waals surface area contributed by atoms with Gasteiger partial charge in [0.1, 0.15) is 11.5 Å². The summed E-state index contributed by atoms with van der Waals surface area (Å²) < 4.78 is 5.47. The number of nitrogens with two attached hydrogens (primary N) is 1. The Bertz CT molecular complexity index is 706. The maximum Gasteiger partial charge on any atom is 0.307 e. The normalized spacial score (nSPS) is 45.3. The molecule has 0 saturated heterocycles. The number of carbonyl (C=O) groups is 1. The zero-order chi connectivity index (χ0) is 18.0. The van der Waals surface area contributed by atoms with Gasteiger partial charge in [0, 0.05) is 18.8 Å². The minimum atomic E-state index is -0.275. The molecule has 2 fully saturated rings. The average molecular weight is 343 g/mol. The third-order valence-corrected chi connectivity index (χ3v) is 7.81. The topological polar surface area (TPSA) is 72.5 Å². The van der Waals surface area contributed by atoms with Gasteiger partial charge in [0.05, 0.1) is 5.70 Å². The molecule has 0 unspecified atom stereocenters.